The normalized spacial score (nSPS) is 13.1. The first-order chi connectivity index (χ1) is 15.4. The summed E-state index contributed by atoms with van der Waals surface area (Å²) in [5.74, 6) is 0. The fourth-order valence-corrected chi connectivity index (χ4v) is 5.56. The lowest BCUT2D eigenvalue weighted by molar-refractivity contribution is 0.510. The van der Waals surface area contributed by atoms with E-state index in [2.05, 4.69) is 4.72 Å². The maximum Gasteiger partial charge on any atom is 0.241 e. The van der Waals surface area contributed by atoms with Gasteiger partial charge < -0.3 is 4.57 Å². The van der Waals surface area contributed by atoms with Gasteiger partial charge in [0.2, 0.25) is 10.0 Å². The van der Waals surface area contributed by atoms with Crippen molar-refractivity contribution in [3.05, 3.63) is 126 Å². The average Bonchev–Trinajstić information content (AvgIpc) is 3.27. The third-order valence-electron chi connectivity index (χ3n) is 5.20. The van der Waals surface area contributed by atoms with Crippen molar-refractivity contribution in [2.45, 2.75) is 21.8 Å². The van der Waals surface area contributed by atoms with Crippen LogP contribution in [-0.2, 0) is 20.9 Å². The molecule has 32 heavy (non-hydrogen) atoms. The van der Waals surface area contributed by atoms with E-state index in [-0.39, 0.29) is 4.90 Å². The molecule has 1 unspecified atom stereocenters. The zero-order valence-corrected chi connectivity index (χ0v) is 19.4. The average molecular weight is 485 g/mol. The summed E-state index contributed by atoms with van der Waals surface area (Å²) in [5.41, 5.74) is 2.32. The second-order valence-corrected chi connectivity index (χ2v) is 10.5. The highest BCUT2D eigenvalue weighted by Gasteiger charge is 2.42. The Morgan fingerprint density at radius 3 is 1.97 bits per heavy atom. The molecule has 0 bridgehead atoms. The lowest BCUT2D eigenvalue weighted by Crippen LogP contribution is -2.39. The van der Waals surface area contributed by atoms with E-state index in [0.29, 0.717) is 17.8 Å². The van der Waals surface area contributed by atoms with E-state index >= 15 is 0 Å². The van der Waals surface area contributed by atoms with Crippen LogP contribution in [0.25, 0.3) is 0 Å². The number of aromatic nitrogens is 1. The monoisotopic (exact) mass is 484 g/mol. The zero-order valence-electron chi connectivity index (χ0n) is 17.1. The topological polar surface area (TPSA) is 51.1 Å². The summed E-state index contributed by atoms with van der Waals surface area (Å²) in [5, 5.41) is 0. The fourth-order valence-electron chi connectivity index (χ4n) is 3.58. The minimum Gasteiger partial charge on any atom is -0.345 e. The molecule has 0 aliphatic rings. The van der Waals surface area contributed by atoms with Gasteiger partial charge in [0.05, 0.1) is 10.9 Å². The summed E-state index contributed by atoms with van der Waals surface area (Å²) >= 11 is 13.8. The number of sulfonamides is 1. The van der Waals surface area contributed by atoms with Crippen molar-refractivity contribution in [2.75, 3.05) is 0 Å². The molecule has 7 heteroatoms. The van der Waals surface area contributed by atoms with Crippen molar-refractivity contribution in [2.24, 2.45) is 0 Å². The number of hydrogen-bond donors (Lipinski definition) is 1. The molecule has 4 aromatic rings. The van der Waals surface area contributed by atoms with Crippen LogP contribution in [0.3, 0.4) is 0 Å². The van der Waals surface area contributed by atoms with Gasteiger partial charge >= 0.3 is 0 Å². The Hall–Kier alpha value is -2.57. The van der Waals surface area contributed by atoms with E-state index in [9.17, 15) is 8.42 Å². The molecule has 0 spiro atoms. The molecule has 0 saturated carbocycles. The van der Waals surface area contributed by atoms with Gasteiger partial charge in [-0.05, 0) is 35.4 Å². The zero-order chi connectivity index (χ0) is 22.6. The standard InChI is InChI=1S/C25H22Cl2N2O2S/c26-25(27,21-13-6-2-7-14-21)24(28-32(30,31)22-15-8-3-9-16-22)23-17-10-18-29(23)19-20-11-4-1-5-12-20/h1-18,24,28H,19H2. The van der Waals surface area contributed by atoms with Crippen molar-refractivity contribution in [1.29, 1.82) is 0 Å². The summed E-state index contributed by atoms with van der Waals surface area (Å²) in [7, 11) is -3.90. The number of halogens is 2. The number of alkyl halides is 2. The van der Waals surface area contributed by atoms with Crippen LogP contribution >= 0.6 is 23.2 Å². The Bertz CT molecular complexity index is 1260. The van der Waals surface area contributed by atoms with Crippen LogP contribution in [-0.4, -0.2) is 13.0 Å². The predicted molar refractivity (Wildman–Crippen MR) is 129 cm³/mol. The molecule has 0 amide bonds. The van der Waals surface area contributed by atoms with Gasteiger partial charge in [-0.25, -0.2) is 8.42 Å². The van der Waals surface area contributed by atoms with E-state index in [4.69, 9.17) is 23.2 Å². The highest BCUT2D eigenvalue weighted by Crippen LogP contribution is 2.46. The molecule has 0 fully saturated rings. The summed E-state index contributed by atoms with van der Waals surface area (Å²) in [6.07, 6.45) is 1.89. The van der Waals surface area contributed by atoms with Gasteiger partial charge in [0, 0.05) is 18.4 Å². The van der Waals surface area contributed by atoms with Gasteiger partial charge in [-0.3, -0.25) is 0 Å². The molecular weight excluding hydrogens is 463 g/mol. The molecular formula is C25H22Cl2N2O2S. The molecule has 0 aliphatic heterocycles. The van der Waals surface area contributed by atoms with Crippen molar-refractivity contribution in [1.82, 2.24) is 9.29 Å². The highest BCUT2D eigenvalue weighted by molar-refractivity contribution is 7.89. The third kappa shape index (κ3) is 4.92. The minimum atomic E-state index is -3.90. The molecule has 1 N–H and O–H groups in total. The van der Waals surface area contributed by atoms with E-state index in [1.54, 1.807) is 30.3 Å². The van der Waals surface area contributed by atoms with Crippen LogP contribution in [0.4, 0.5) is 0 Å². The molecule has 0 radical (unpaired) electrons. The van der Waals surface area contributed by atoms with Crippen LogP contribution in [0.1, 0.15) is 22.9 Å². The molecule has 1 atom stereocenters. The van der Waals surface area contributed by atoms with Crippen LogP contribution in [0.15, 0.2) is 114 Å². The largest absolute Gasteiger partial charge is 0.345 e. The first-order valence-corrected chi connectivity index (χ1v) is 12.3. The van der Waals surface area contributed by atoms with Gasteiger partial charge in [-0.15, -0.1) is 0 Å². The molecule has 1 aromatic heterocycles. The van der Waals surface area contributed by atoms with Crippen molar-refractivity contribution in [3.8, 4) is 0 Å². The van der Waals surface area contributed by atoms with E-state index in [1.807, 2.05) is 71.4 Å². The predicted octanol–water partition coefficient (Wildman–Crippen LogP) is 5.89. The second-order valence-electron chi connectivity index (χ2n) is 7.40. The number of nitrogens with one attached hydrogen (secondary N) is 1. The summed E-state index contributed by atoms with van der Waals surface area (Å²) in [6, 6.07) is 29.9. The van der Waals surface area contributed by atoms with E-state index in [1.165, 1.54) is 12.1 Å². The Morgan fingerprint density at radius 2 is 1.34 bits per heavy atom. The van der Waals surface area contributed by atoms with Crippen LogP contribution in [0.5, 0.6) is 0 Å². The maximum absolute atomic E-state index is 13.2. The van der Waals surface area contributed by atoms with Crippen molar-refractivity contribution < 1.29 is 8.42 Å². The summed E-state index contributed by atoms with van der Waals surface area (Å²) < 4.78 is 29.7. The lowest BCUT2D eigenvalue weighted by Gasteiger charge is -2.32. The quantitative estimate of drug-likeness (QED) is 0.317. The van der Waals surface area contributed by atoms with E-state index < -0.39 is 20.4 Å². The second kappa shape index (κ2) is 9.51. The van der Waals surface area contributed by atoms with Crippen LogP contribution in [0, 0.1) is 0 Å². The maximum atomic E-state index is 13.2. The smallest absolute Gasteiger partial charge is 0.241 e. The fraction of sp³-hybridized carbons (Fsp3) is 0.120. The lowest BCUT2D eigenvalue weighted by atomic mass is 10.0. The molecule has 0 aliphatic carbocycles. The number of rotatable bonds is 8. The molecule has 164 valence electrons. The van der Waals surface area contributed by atoms with Gasteiger partial charge in [-0.2, -0.15) is 4.72 Å². The molecule has 4 nitrogen and oxygen atoms in total. The molecule has 1 heterocycles. The van der Waals surface area contributed by atoms with Gasteiger partial charge in [0.1, 0.15) is 0 Å². The van der Waals surface area contributed by atoms with Crippen molar-refractivity contribution in [3.63, 3.8) is 0 Å². The first kappa shape index (κ1) is 22.6. The van der Waals surface area contributed by atoms with Gasteiger partial charge in [-0.1, -0.05) is 102 Å². The Balaban J connectivity index is 1.78. The van der Waals surface area contributed by atoms with Gasteiger partial charge in [0.25, 0.3) is 0 Å². The SMILES string of the molecule is O=S(=O)(NC(c1cccn1Cc1ccccc1)C(Cl)(Cl)c1ccccc1)c1ccccc1. The number of nitrogens with zero attached hydrogens (tertiary/aromatic N) is 1. The van der Waals surface area contributed by atoms with Crippen molar-refractivity contribution >= 4 is 33.2 Å². The third-order valence-corrected chi connectivity index (χ3v) is 7.52. The Labute approximate surface area is 198 Å². The first-order valence-electron chi connectivity index (χ1n) is 10.1. The number of benzene rings is 3. The number of hydrogen-bond acceptors (Lipinski definition) is 2. The summed E-state index contributed by atoms with van der Waals surface area (Å²) in [4.78, 5) is 0.142. The Kier molecular flexibility index (Phi) is 6.72. The Morgan fingerprint density at radius 1 is 0.781 bits per heavy atom. The minimum absolute atomic E-state index is 0.142. The highest BCUT2D eigenvalue weighted by atomic mass is 35.5. The van der Waals surface area contributed by atoms with Crippen LogP contribution < -0.4 is 4.72 Å². The molecule has 4 rings (SSSR count). The molecule has 0 saturated heterocycles. The van der Waals surface area contributed by atoms with Gasteiger partial charge in [0.15, 0.2) is 4.33 Å². The van der Waals surface area contributed by atoms with Crippen LogP contribution in [0.2, 0.25) is 0 Å². The van der Waals surface area contributed by atoms with E-state index in [0.717, 1.165) is 5.56 Å². The summed E-state index contributed by atoms with van der Waals surface area (Å²) in [6.45, 7) is 0.547. The molecule has 3 aromatic carbocycles.